The molecule has 0 amide bonds. The van der Waals surface area contributed by atoms with Crippen LogP contribution in [0.1, 0.15) is 12.5 Å². The van der Waals surface area contributed by atoms with Crippen LogP contribution in [0.3, 0.4) is 0 Å². The summed E-state index contributed by atoms with van der Waals surface area (Å²) in [6.45, 7) is 3.79. The summed E-state index contributed by atoms with van der Waals surface area (Å²) in [5, 5.41) is 19.7. The third-order valence-electron chi connectivity index (χ3n) is 3.49. The Bertz CT molecular complexity index is 634. The van der Waals surface area contributed by atoms with E-state index in [1.165, 1.54) is 12.7 Å². The molecule has 2 aromatic heterocycles. The zero-order chi connectivity index (χ0) is 12.9. The quantitative estimate of drug-likeness (QED) is 0.616. The third-order valence-corrected chi connectivity index (χ3v) is 3.49. The number of fused-ring (bicyclic) bond motifs is 1. The molecule has 0 unspecified atom stereocenters. The Morgan fingerprint density at radius 1 is 1.39 bits per heavy atom. The van der Waals surface area contributed by atoms with E-state index in [-0.39, 0.29) is 23.0 Å². The molecule has 1 saturated carbocycles. The van der Waals surface area contributed by atoms with Crippen molar-refractivity contribution in [3.63, 3.8) is 0 Å². The first-order valence-corrected chi connectivity index (χ1v) is 5.69. The van der Waals surface area contributed by atoms with Gasteiger partial charge in [-0.05, 0) is 19.3 Å². The first kappa shape index (κ1) is 11.4. The number of H-pyrrole nitrogens is 1. The van der Waals surface area contributed by atoms with Gasteiger partial charge in [0.1, 0.15) is 6.10 Å². The highest BCUT2D eigenvalue weighted by Gasteiger charge is 2.40. The number of hydrogen-bond donors (Lipinski definition) is 3. The number of aliphatic hydroxyl groups is 2. The second-order valence-corrected chi connectivity index (χ2v) is 4.60. The van der Waals surface area contributed by atoms with E-state index in [1.54, 1.807) is 4.57 Å². The van der Waals surface area contributed by atoms with Crippen LogP contribution >= 0.6 is 0 Å². The number of aromatic amines is 1. The number of imidazole rings is 1. The predicted molar refractivity (Wildman–Crippen MR) is 62.7 cm³/mol. The number of hydrogen-bond acceptors (Lipinski definition) is 5. The molecule has 1 aliphatic rings. The van der Waals surface area contributed by atoms with Crippen LogP contribution in [0.5, 0.6) is 0 Å². The van der Waals surface area contributed by atoms with E-state index in [9.17, 15) is 15.0 Å². The van der Waals surface area contributed by atoms with Crippen molar-refractivity contribution in [2.24, 2.45) is 5.92 Å². The molecular weight excluding hydrogens is 236 g/mol. The maximum Gasteiger partial charge on any atom is 0.278 e. The molecule has 7 nitrogen and oxygen atoms in total. The Hall–Kier alpha value is -1.73. The van der Waals surface area contributed by atoms with Crippen LogP contribution in [0.2, 0.25) is 0 Å². The monoisotopic (exact) mass is 249 g/mol. The first-order chi connectivity index (χ1) is 8.59. The topological polar surface area (TPSA) is 104 Å². The molecule has 95 valence electrons. The zero-order valence-electron chi connectivity index (χ0n) is 9.52. The van der Waals surface area contributed by atoms with Crippen molar-refractivity contribution < 1.29 is 10.2 Å². The minimum Gasteiger partial charge on any atom is -0.390 e. The van der Waals surface area contributed by atoms with Crippen LogP contribution in [0.4, 0.5) is 0 Å². The van der Waals surface area contributed by atoms with Crippen molar-refractivity contribution in [1.29, 1.82) is 0 Å². The van der Waals surface area contributed by atoms with E-state index in [4.69, 9.17) is 0 Å². The molecule has 0 bridgehead atoms. The lowest BCUT2D eigenvalue weighted by atomic mass is 10.1. The summed E-state index contributed by atoms with van der Waals surface area (Å²) in [6, 6.07) is -0.359. The van der Waals surface area contributed by atoms with E-state index in [1.807, 2.05) is 0 Å². The molecule has 0 saturated heterocycles. The van der Waals surface area contributed by atoms with Gasteiger partial charge in [-0.15, -0.1) is 0 Å². The van der Waals surface area contributed by atoms with Gasteiger partial charge in [0.2, 0.25) is 0 Å². The van der Waals surface area contributed by atoms with Crippen molar-refractivity contribution in [3.8, 4) is 0 Å². The maximum absolute atomic E-state index is 11.5. The second kappa shape index (κ2) is 3.89. The summed E-state index contributed by atoms with van der Waals surface area (Å²) in [5.41, 5.74) is 0.314. The average Bonchev–Trinajstić information content (AvgIpc) is 2.88. The lowest BCUT2D eigenvalue weighted by Gasteiger charge is -2.17. The highest BCUT2D eigenvalue weighted by molar-refractivity contribution is 5.69. The fraction of sp³-hybridized carbons (Fsp3) is 0.455. The van der Waals surface area contributed by atoms with E-state index >= 15 is 0 Å². The van der Waals surface area contributed by atoms with Gasteiger partial charge in [-0.3, -0.25) is 4.79 Å². The molecule has 2 aromatic rings. The Morgan fingerprint density at radius 2 is 2.17 bits per heavy atom. The van der Waals surface area contributed by atoms with Crippen LogP contribution in [0.15, 0.2) is 17.4 Å². The molecule has 3 rings (SSSR count). The molecule has 2 heterocycles. The van der Waals surface area contributed by atoms with Gasteiger partial charge < -0.3 is 19.8 Å². The van der Waals surface area contributed by atoms with Crippen molar-refractivity contribution in [2.45, 2.75) is 24.7 Å². The van der Waals surface area contributed by atoms with Gasteiger partial charge in [-0.1, -0.05) is 0 Å². The van der Waals surface area contributed by atoms with Crippen LogP contribution in [0, 0.1) is 12.8 Å². The Morgan fingerprint density at radius 3 is 2.83 bits per heavy atom. The minimum atomic E-state index is -0.925. The average molecular weight is 249 g/mol. The van der Waals surface area contributed by atoms with Gasteiger partial charge in [-0.25, -0.2) is 9.97 Å². The van der Waals surface area contributed by atoms with Crippen LogP contribution < -0.4 is 5.56 Å². The SMILES string of the molecule is [CH2][C@@H]1C[C@@H](n2cnc3c(=O)[nH]cnc32)[C@H](O)[C@@H]1O. The standard InChI is InChI=1S/C11H13N4O3/c1-5-2-6(9(17)8(5)16)15-4-14-7-10(15)12-3-13-11(7)18/h3-6,8-9,16-17H,1-2H2,(H,12,13,18)/t5-,6-,8-,9+/m1/s1. The number of rotatable bonds is 1. The number of aliphatic hydroxyl groups excluding tert-OH is 2. The Labute approximate surface area is 102 Å². The third kappa shape index (κ3) is 1.48. The highest BCUT2D eigenvalue weighted by atomic mass is 16.3. The molecule has 1 radical (unpaired) electrons. The van der Waals surface area contributed by atoms with E-state index in [0.717, 1.165) is 0 Å². The molecule has 0 aliphatic heterocycles. The highest BCUT2D eigenvalue weighted by Crippen LogP contribution is 2.35. The molecule has 18 heavy (non-hydrogen) atoms. The van der Waals surface area contributed by atoms with E-state index < -0.39 is 12.2 Å². The van der Waals surface area contributed by atoms with Gasteiger partial charge in [0.15, 0.2) is 11.2 Å². The van der Waals surface area contributed by atoms with Gasteiger partial charge in [0, 0.05) is 0 Å². The van der Waals surface area contributed by atoms with Gasteiger partial charge in [0.25, 0.3) is 5.56 Å². The van der Waals surface area contributed by atoms with Gasteiger partial charge in [0.05, 0.1) is 24.8 Å². The summed E-state index contributed by atoms with van der Waals surface area (Å²) in [4.78, 5) is 22.0. The molecular formula is C11H13N4O3. The van der Waals surface area contributed by atoms with Crippen molar-refractivity contribution in [1.82, 2.24) is 19.5 Å². The minimum absolute atomic E-state index is 0.228. The lowest BCUT2D eigenvalue weighted by Crippen LogP contribution is -2.28. The summed E-state index contributed by atoms with van der Waals surface area (Å²) in [6.07, 6.45) is 1.48. The van der Waals surface area contributed by atoms with E-state index in [2.05, 4.69) is 21.9 Å². The first-order valence-electron chi connectivity index (χ1n) is 5.69. The smallest absolute Gasteiger partial charge is 0.278 e. The number of nitrogens with zero attached hydrogens (tertiary/aromatic N) is 3. The largest absolute Gasteiger partial charge is 0.390 e. The van der Waals surface area contributed by atoms with Crippen LogP contribution in [-0.4, -0.2) is 41.9 Å². The molecule has 1 aliphatic carbocycles. The fourth-order valence-corrected chi connectivity index (χ4v) is 2.48. The van der Waals surface area contributed by atoms with E-state index in [0.29, 0.717) is 12.1 Å². The number of nitrogens with one attached hydrogen (secondary N) is 1. The summed E-state index contributed by atoms with van der Waals surface area (Å²) in [5.74, 6) is -0.246. The molecule has 0 aromatic carbocycles. The van der Waals surface area contributed by atoms with Gasteiger partial charge >= 0.3 is 0 Å². The zero-order valence-corrected chi connectivity index (χ0v) is 9.52. The molecule has 7 heteroatoms. The van der Waals surface area contributed by atoms with Crippen molar-refractivity contribution >= 4 is 11.2 Å². The molecule has 4 atom stereocenters. The predicted octanol–water partition coefficient (Wildman–Crippen LogP) is -0.764. The molecule has 0 spiro atoms. The molecule has 3 N–H and O–H groups in total. The normalized spacial score (nSPS) is 32.2. The van der Waals surface area contributed by atoms with Crippen molar-refractivity contribution in [3.05, 3.63) is 29.9 Å². The fourth-order valence-electron chi connectivity index (χ4n) is 2.48. The van der Waals surface area contributed by atoms with Crippen LogP contribution in [0.25, 0.3) is 11.2 Å². The number of aromatic nitrogens is 4. The summed E-state index contributed by atoms with van der Waals surface area (Å²) < 4.78 is 1.63. The van der Waals surface area contributed by atoms with Gasteiger partial charge in [-0.2, -0.15) is 0 Å². The molecule has 1 fully saturated rings. The summed E-state index contributed by atoms with van der Waals surface area (Å²) >= 11 is 0. The lowest BCUT2D eigenvalue weighted by molar-refractivity contribution is 0.0133. The van der Waals surface area contributed by atoms with Crippen molar-refractivity contribution in [2.75, 3.05) is 0 Å². The summed E-state index contributed by atoms with van der Waals surface area (Å²) in [7, 11) is 0. The maximum atomic E-state index is 11.5. The Balaban J connectivity index is 2.11. The Kier molecular flexibility index (Phi) is 2.46. The second-order valence-electron chi connectivity index (χ2n) is 4.60. The van der Waals surface area contributed by atoms with Crippen LogP contribution in [-0.2, 0) is 0 Å².